The molecule has 1 aromatic rings. The van der Waals surface area contributed by atoms with E-state index in [1.54, 1.807) is 7.11 Å². The van der Waals surface area contributed by atoms with Crippen molar-refractivity contribution < 1.29 is 27.4 Å². The zero-order chi connectivity index (χ0) is 24.1. The number of aliphatic hydroxyl groups is 1. The van der Waals surface area contributed by atoms with E-state index in [9.17, 15) is 22.7 Å². The lowest BCUT2D eigenvalue weighted by Gasteiger charge is -2.47. The smallest absolute Gasteiger partial charge is 0.248 e. The molecule has 3 unspecified atom stereocenters. The molecule has 4 nitrogen and oxygen atoms in total. The van der Waals surface area contributed by atoms with E-state index >= 15 is 0 Å². The monoisotopic (exact) mass is 474 g/mol. The standard InChI is InChI=1S/C25H38F4N2O2/c1-30-16-20(13-18-14-24(28,29)15-18)31-11-6-7-19(17-31)25(32,10-3-4-12-33-2)21-8-5-9-22(26)23(21)27/h5,8-9,18-20,30,32H,3-4,6-7,10-17H2,1-2H3. The summed E-state index contributed by atoms with van der Waals surface area (Å²) in [6.45, 7) is 2.52. The van der Waals surface area contributed by atoms with Gasteiger partial charge in [0.05, 0.1) is 5.60 Å². The fourth-order valence-electron chi connectivity index (χ4n) is 5.70. The molecule has 2 fully saturated rings. The molecule has 3 rings (SSSR count). The Hall–Kier alpha value is -1.22. The molecule has 33 heavy (non-hydrogen) atoms. The van der Waals surface area contributed by atoms with Gasteiger partial charge in [0, 0.05) is 57.2 Å². The van der Waals surface area contributed by atoms with E-state index in [4.69, 9.17) is 4.74 Å². The van der Waals surface area contributed by atoms with Crippen molar-refractivity contribution in [1.82, 2.24) is 10.2 Å². The molecule has 8 heteroatoms. The summed E-state index contributed by atoms with van der Waals surface area (Å²) in [7, 11) is 3.45. The number of alkyl halides is 2. The molecule has 1 aromatic carbocycles. The SMILES string of the molecule is CNCC(CC1CC(F)(F)C1)N1CCCC(C(O)(CCCCOC)c2cccc(F)c2F)C1. The van der Waals surface area contributed by atoms with Crippen LogP contribution < -0.4 is 5.32 Å². The second kappa shape index (κ2) is 11.5. The van der Waals surface area contributed by atoms with E-state index in [2.05, 4.69) is 10.2 Å². The van der Waals surface area contributed by atoms with E-state index in [0.29, 0.717) is 51.8 Å². The predicted octanol–water partition coefficient (Wildman–Crippen LogP) is 4.70. The molecular weight excluding hydrogens is 436 g/mol. The first-order valence-electron chi connectivity index (χ1n) is 12.1. The number of hydrogen-bond acceptors (Lipinski definition) is 4. The second-order valence-corrected chi connectivity index (χ2v) is 9.89. The number of likely N-dealkylation sites (tertiary alicyclic amines) is 1. The molecule has 1 aliphatic heterocycles. The van der Waals surface area contributed by atoms with Crippen LogP contribution in [0.4, 0.5) is 17.6 Å². The largest absolute Gasteiger partial charge is 0.385 e. The number of rotatable bonds is 12. The van der Waals surface area contributed by atoms with Crippen LogP contribution in [0.15, 0.2) is 18.2 Å². The van der Waals surface area contributed by atoms with Crippen LogP contribution in [-0.2, 0) is 10.3 Å². The van der Waals surface area contributed by atoms with Gasteiger partial charge in [-0.05, 0) is 64.1 Å². The van der Waals surface area contributed by atoms with Crippen molar-refractivity contribution in [3.8, 4) is 0 Å². The average molecular weight is 475 g/mol. The zero-order valence-corrected chi connectivity index (χ0v) is 19.8. The van der Waals surface area contributed by atoms with Gasteiger partial charge in [0.15, 0.2) is 11.6 Å². The third-order valence-electron chi connectivity index (χ3n) is 7.44. The van der Waals surface area contributed by atoms with Crippen LogP contribution in [0.5, 0.6) is 0 Å². The lowest BCUT2D eigenvalue weighted by atomic mass is 9.73. The highest BCUT2D eigenvalue weighted by Crippen LogP contribution is 2.46. The Labute approximate surface area is 194 Å². The van der Waals surface area contributed by atoms with Crippen molar-refractivity contribution in [2.24, 2.45) is 11.8 Å². The number of benzene rings is 1. The van der Waals surface area contributed by atoms with Gasteiger partial charge < -0.3 is 15.2 Å². The number of likely N-dealkylation sites (N-methyl/N-ethyl adjacent to an activating group) is 1. The van der Waals surface area contributed by atoms with Crippen LogP contribution in [-0.4, -0.2) is 62.4 Å². The molecule has 1 saturated heterocycles. The number of piperidine rings is 1. The summed E-state index contributed by atoms with van der Waals surface area (Å²) < 4.78 is 60.8. The summed E-state index contributed by atoms with van der Waals surface area (Å²) in [5.74, 6) is -4.79. The van der Waals surface area contributed by atoms with E-state index < -0.39 is 23.2 Å². The molecule has 1 heterocycles. The van der Waals surface area contributed by atoms with Crippen molar-refractivity contribution >= 4 is 0 Å². The molecule has 0 aromatic heterocycles. The summed E-state index contributed by atoms with van der Waals surface area (Å²) in [5, 5.41) is 15.0. The molecule has 0 bridgehead atoms. The maximum Gasteiger partial charge on any atom is 0.248 e. The highest BCUT2D eigenvalue weighted by Gasteiger charge is 2.47. The Morgan fingerprint density at radius 1 is 1.27 bits per heavy atom. The van der Waals surface area contributed by atoms with Crippen molar-refractivity contribution in [2.45, 2.75) is 68.9 Å². The highest BCUT2D eigenvalue weighted by atomic mass is 19.3. The number of unbranched alkanes of at least 4 members (excludes halogenated alkanes) is 1. The normalized spacial score (nSPS) is 24.3. The molecule has 2 N–H and O–H groups in total. The lowest BCUT2D eigenvalue weighted by Crippen LogP contribution is -2.53. The highest BCUT2D eigenvalue weighted by molar-refractivity contribution is 5.27. The van der Waals surface area contributed by atoms with E-state index in [0.717, 1.165) is 19.0 Å². The summed E-state index contributed by atoms with van der Waals surface area (Å²) in [6.07, 6.45) is 3.68. The Balaban J connectivity index is 1.78. The third kappa shape index (κ3) is 6.47. The average Bonchev–Trinajstić information content (AvgIpc) is 2.77. The topological polar surface area (TPSA) is 44.7 Å². The van der Waals surface area contributed by atoms with Gasteiger partial charge in [-0.3, -0.25) is 4.90 Å². The summed E-state index contributed by atoms with van der Waals surface area (Å²) in [6, 6.07) is 4.05. The molecule has 0 amide bonds. The molecule has 0 spiro atoms. The van der Waals surface area contributed by atoms with E-state index in [-0.39, 0.29) is 36.3 Å². The van der Waals surface area contributed by atoms with Crippen LogP contribution in [0.25, 0.3) is 0 Å². The Morgan fingerprint density at radius 2 is 2.03 bits per heavy atom. The minimum Gasteiger partial charge on any atom is -0.385 e. The van der Waals surface area contributed by atoms with Gasteiger partial charge in [0.2, 0.25) is 5.92 Å². The number of nitrogens with zero attached hydrogens (tertiary/aromatic N) is 1. The first-order valence-corrected chi connectivity index (χ1v) is 12.1. The van der Waals surface area contributed by atoms with E-state index in [1.807, 2.05) is 7.05 Å². The van der Waals surface area contributed by atoms with Crippen molar-refractivity contribution in [3.63, 3.8) is 0 Å². The van der Waals surface area contributed by atoms with E-state index in [1.165, 1.54) is 12.1 Å². The number of ether oxygens (including phenoxy) is 1. The lowest BCUT2D eigenvalue weighted by molar-refractivity contribution is -0.119. The maximum absolute atomic E-state index is 14.8. The van der Waals surface area contributed by atoms with Gasteiger partial charge >= 0.3 is 0 Å². The summed E-state index contributed by atoms with van der Waals surface area (Å²) >= 11 is 0. The molecule has 2 aliphatic rings. The van der Waals surface area contributed by atoms with Crippen LogP contribution in [0.2, 0.25) is 0 Å². The third-order valence-corrected chi connectivity index (χ3v) is 7.44. The zero-order valence-electron chi connectivity index (χ0n) is 19.8. The quantitative estimate of drug-likeness (QED) is 0.340. The van der Waals surface area contributed by atoms with Crippen LogP contribution >= 0.6 is 0 Å². The Morgan fingerprint density at radius 3 is 2.70 bits per heavy atom. The summed E-state index contributed by atoms with van der Waals surface area (Å²) in [4.78, 5) is 2.25. The minimum atomic E-state index is -2.54. The van der Waals surface area contributed by atoms with Gasteiger partial charge in [-0.25, -0.2) is 17.6 Å². The van der Waals surface area contributed by atoms with Gasteiger partial charge in [0.1, 0.15) is 0 Å². The van der Waals surface area contributed by atoms with Crippen molar-refractivity contribution in [2.75, 3.05) is 40.4 Å². The maximum atomic E-state index is 14.8. The van der Waals surface area contributed by atoms with Gasteiger partial charge in [-0.1, -0.05) is 12.1 Å². The van der Waals surface area contributed by atoms with Crippen LogP contribution in [0, 0.1) is 23.5 Å². The molecule has 0 radical (unpaired) electrons. The molecule has 1 saturated carbocycles. The fourth-order valence-corrected chi connectivity index (χ4v) is 5.70. The second-order valence-electron chi connectivity index (χ2n) is 9.89. The predicted molar refractivity (Wildman–Crippen MR) is 120 cm³/mol. The fraction of sp³-hybridized carbons (Fsp3) is 0.760. The number of hydrogen-bond donors (Lipinski definition) is 2. The van der Waals surface area contributed by atoms with Crippen molar-refractivity contribution in [1.29, 1.82) is 0 Å². The minimum absolute atomic E-state index is 0.00711. The van der Waals surface area contributed by atoms with Gasteiger partial charge in [0.25, 0.3) is 0 Å². The Kier molecular flexibility index (Phi) is 9.17. The van der Waals surface area contributed by atoms with Gasteiger partial charge in [-0.2, -0.15) is 0 Å². The number of nitrogens with one attached hydrogen (secondary N) is 1. The Bertz CT molecular complexity index is 758. The number of halogens is 4. The molecular formula is C25H38F4N2O2. The summed E-state index contributed by atoms with van der Waals surface area (Å²) in [5.41, 5.74) is -1.50. The number of methoxy groups -OCH3 is 1. The first kappa shape index (κ1) is 26.4. The first-order chi connectivity index (χ1) is 15.7. The van der Waals surface area contributed by atoms with Crippen LogP contribution in [0.1, 0.15) is 56.9 Å². The van der Waals surface area contributed by atoms with Crippen molar-refractivity contribution in [3.05, 3.63) is 35.4 Å². The molecule has 3 atom stereocenters. The van der Waals surface area contributed by atoms with Gasteiger partial charge in [-0.15, -0.1) is 0 Å². The van der Waals surface area contributed by atoms with Crippen LogP contribution in [0.3, 0.4) is 0 Å². The molecule has 1 aliphatic carbocycles. The molecule has 188 valence electrons.